The number of amides is 1. The van der Waals surface area contributed by atoms with Gasteiger partial charge in [-0.3, -0.25) is 9.36 Å². The molecule has 1 aliphatic heterocycles. The van der Waals surface area contributed by atoms with Crippen molar-refractivity contribution in [2.24, 2.45) is 0 Å². The molecule has 0 saturated carbocycles. The molecule has 1 rings (SSSR count). The van der Waals surface area contributed by atoms with Crippen LogP contribution in [-0.2, 0) is 23.4 Å². The molecule has 0 aromatic heterocycles. The maximum atomic E-state index is 13.2. The summed E-state index contributed by atoms with van der Waals surface area (Å²) in [6.45, 7) is 8.08. The topological polar surface area (TPSA) is 88.6 Å². The highest BCUT2D eigenvalue weighted by molar-refractivity contribution is 7.52. The van der Waals surface area contributed by atoms with Gasteiger partial charge in [0.15, 0.2) is 6.35 Å². The number of rotatable bonds is 22. The summed E-state index contributed by atoms with van der Waals surface area (Å²) in [7, 11) is -3.90. The van der Waals surface area contributed by atoms with Gasteiger partial charge in [-0.1, -0.05) is 91.4 Å². The van der Waals surface area contributed by atoms with Crippen molar-refractivity contribution in [2.45, 2.75) is 116 Å². The van der Waals surface area contributed by atoms with Crippen molar-refractivity contribution in [1.82, 2.24) is 4.90 Å². The number of hydrogen-bond acceptors (Lipinski definition) is 5. The molecule has 0 bridgehead atoms. The second-order valence-electron chi connectivity index (χ2n) is 8.97. The maximum Gasteiger partial charge on any atom is 0.353 e. The molecule has 1 amide bonds. The van der Waals surface area contributed by atoms with Crippen LogP contribution in [0.15, 0.2) is 0 Å². The van der Waals surface area contributed by atoms with Gasteiger partial charge in [0.1, 0.15) is 6.61 Å². The third-order valence-electron chi connectivity index (χ3n) is 5.83. The van der Waals surface area contributed by atoms with E-state index in [9.17, 15) is 14.3 Å². The Labute approximate surface area is 196 Å². The van der Waals surface area contributed by atoms with E-state index in [1.54, 1.807) is 0 Å². The lowest BCUT2D eigenvalue weighted by molar-refractivity contribution is -0.155. The lowest BCUT2D eigenvalue weighted by Gasteiger charge is -2.26. The van der Waals surface area contributed by atoms with Crippen LogP contribution in [0.1, 0.15) is 111 Å². The monoisotopic (exact) mass is 477 g/mol. The van der Waals surface area contributed by atoms with E-state index in [1.807, 2.05) is 11.8 Å². The highest BCUT2D eigenvalue weighted by Crippen LogP contribution is 2.45. The number of hydrogen-bond donors (Lipinski definition) is 1. The summed E-state index contributed by atoms with van der Waals surface area (Å²) in [5, 5.41) is 0. The van der Waals surface area contributed by atoms with Crippen LogP contribution in [0.4, 0.5) is 0 Å². The Balaban J connectivity index is 2.54. The second-order valence-corrected chi connectivity index (χ2v) is 10.8. The van der Waals surface area contributed by atoms with E-state index in [4.69, 9.17) is 14.0 Å². The fourth-order valence-electron chi connectivity index (χ4n) is 3.63. The molecule has 0 aromatic rings. The molecule has 2 unspecified atom stereocenters. The fourth-order valence-corrected chi connectivity index (χ4v) is 4.49. The zero-order chi connectivity index (χ0) is 23.7. The van der Waals surface area contributed by atoms with Crippen LogP contribution >= 0.6 is 7.60 Å². The lowest BCUT2D eigenvalue weighted by Crippen LogP contribution is -2.44. The first kappa shape index (κ1) is 29.6. The molecule has 0 aliphatic carbocycles. The van der Waals surface area contributed by atoms with Gasteiger partial charge in [-0.25, -0.2) is 0 Å². The first-order valence-corrected chi connectivity index (χ1v) is 14.7. The molecule has 1 heterocycles. The van der Waals surface area contributed by atoms with Gasteiger partial charge in [0, 0.05) is 13.1 Å². The van der Waals surface area contributed by atoms with Crippen LogP contribution < -0.4 is 0 Å². The van der Waals surface area contributed by atoms with E-state index >= 15 is 0 Å². The fraction of sp³-hybridized carbons (Fsp3) is 0.958. The molecule has 1 aliphatic rings. The van der Waals surface area contributed by atoms with Crippen molar-refractivity contribution in [3.05, 3.63) is 0 Å². The Hall–Kier alpha value is -0.460. The SMILES string of the molecule is CCCCCCCCN(CCCCCCCC)C(=O)C1(OCP(=O)(O)OCCCC)CO1. The van der Waals surface area contributed by atoms with Crippen molar-refractivity contribution < 1.29 is 28.3 Å². The molecule has 1 fully saturated rings. The number of carbonyl (C=O) groups is 1. The Morgan fingerprint density at radius 2 is 1.34 bits per heavy atom. The van der Waals surface area contributed by atoms with Crippen LogP contribution in [0, 0.1) is 0 Å². The zero-order valence-corrected chi connectivity index (χ0v) is 21.7. The van der Waals surface area contributed by atoms with E-state index < -0.39 is 19.7 Å². The minimum Gasteiger partial charge on any atom is -0.338 e. The molecule has 0 radical (unpaired) electrons. The van der Waals surface area contributed by atoms with Crippen LogP contribution in [0.2, 0.25) is 0 Å². The number of unbranched alkanes of at least 4 members (excludes halogenated alkanes) is 11. The summed E-state index contributed by atoms with van der Waals surface area (Å²) in [5.41, 5.74) is 0. The van der Waals surface area contributed by atoms with Crippen molar-refractivity contribution in [1.29, 1.82) is 0 Å². The molecule has 190 valence electrons. The predicted molar refractivity (Wildman–Crippen MR) is 129 cm³/mol. The normalized spacial score (nSPS) is 19.6. The average Bonchev–Trinajstić information content (AvgIpc) is 3.56. The van der Waals surface area contributed by atoms with Gasteiger partial charge in [-0.05, 0) is 19.3 Å². The minimum absolute atomic E-state index is 0.129. The van der Waals surface area contributed by atoms with Crippen LogP contribution in [0.5, 0.6) is 0 Å². The van der Waals surface area contributed by atoms with Gasteiger partial charge < -0.3 is 23.8 Å². The van der Waals surface area contributed by atoms with Gasteiger partial charge in [0.2, 0.25) is 0 Å². The van der Waals surface area contributed by atoms with Crippen molar-refractivity contribution in [2.75, 3.05) is 32.7 Å². The van der Waals surface area contributed by atoms with Crippen LogP contribution in [-0.4, -0.2) is 54.1 Å². The first-order valence-electron chi connectivity index (χ1n) is 12.9. The third-order valence-corrected chi connectivity index (χ3v) is 6.88. The summed E-state index contributed by atoms with van der Waals surface area (Å²) >= 11 is 0. The molecular weight excluding hydrogens is 429 g/mol. The zero-order valence-electron chi connectivity index (χ0n) is 20.8. The van der Waals surface area contributed by atoms with E-state index in [0.29, 0.717) is 19.5 Å². The average molecular weight is 478 g/mol. The molecule has 8 heteroatoms. The minimum atomic E-state index is -3.90. The summed E-state index contributed by atoms with van der Waals surface area (Å²) in [5.74, 6) is -1.62. The molecule has 32 heavy (non-hydrogen) atoms. The molecule has 1 N–H and O–H groups in total. The Morgan fingerprint density at radius 3 is 1.81 bits per heavy atom. The van der Waals surface area contributed by atoms with Crippen LogP contribution in [0.25, 0.3) is 0 Å². The molecule has 7 nitrogen and oxygen atoms in total. The van der Waals surface area contributed by atoms with Gasteiger partial charge in [-0.15, -0.1) is 0 Å². The quantitative estimate of drug-likeness (QED) is 0.113. The number of epoxide rings is 1. The second kappa shape index (κ2) is 17.0. The summed E-state index contributed by atoms with van der Waals surface area (Å²) < 4.78 is 28.2. The van der Waals surface area contributed by atoms with Gasteiger partial charge in [0.25, 0.3) is 11.7 Å². The molecule has 0 spiro atoms. The van der Waals surface area contributed by atoms with Gasteiger partial charge >= 0.3 is 7.60 Å². The largest absolute Gasteiger partial charge is 0.353 e. The number of nitrogens with zero attached hydrogens (tertiary/aromatic N) is 1. The smallest absolute Gasteiger partial charge is 0.338 e. The predicted octanol–water partition coefficient (Wildman–Crippen LogP) is 6.24. The standard InChI is InChI=1S/C24H48NO6P/c1-4-7-10-12-14-16-18-25(19-17-15-13-11-8-5-2)23(26)24(21-29-24)30-22-32(27,28)31-20-9-6-3/h4-22H2,1-3H3,(H,27,28). The summed E-state index contributed by atoms with van der Waals surface area (Å²) in [6.07, 6.45) is 15.0. The Bertz CT molecular complexity index is 525. The third kappa shape index (κ3) is 12.7. The Kier molecular flexibility index (Phi) is 15.8. The number of carbonyl (C=O) groups excluding carboxylic acids is 1. The first-order chi connectivity index (χ1) is 15.4. The van der Waals surface area contributed by atoms with Crippen LogP contribution in [0.3, 0.4) is 0 Å². The Morgan fingerprint density at radius 1 is 0.875 bits per heavy atom. The van der Waals surface area contributed by atoms with E-state index in [1.165, 1.54) is 51.4 Å². The van der Waals surface area contributed by atoms with Crippen molar-refractivity contribution in [3.63, 3.8) is 0 Å². The lowest BCUT2D eigenvalue weighted by atomic mass is 10.1. The van der Waals surface area contributed by atoms with Crippen molar-refractivity contribution in [3.8, 4) is 0 Å². The van der Waals surface area contributed by atoms with E-state index in [0.717, 1.165) is 32.1 Å². The summed E-state index contributed by atoms with van der Waals surface area (Å²) in [6, 6.07) is 0. The van der Waals surface area contributed by atoms with Gasteiger partial charge in [0.05, 0.1) is 6.61 Å². The number of ether oxygens (including phenoxy) is 2. The van der Waals surface area contributed by atoms with Gasteiger partial charge in [-0.2, -0.15) is 0 Å². The summed E-state index contributed by atoms with van der Waals surface area (Å²) in [4.78, 5) is 25.0. The van der Waals surface area contributed by atoms with E-state index in [-0.39, 0.29) is 19.1 Å². The molecule has 2 atom stereocenters. The molecule has 1 saturated heterocycles. The van der Waals surface area contributed by atoms with Crippen molar-refractivity contribution >= 4 is 13.5 Å². The maximum absolute atomic E-state index is 13.2. The molecular formula is C24H48NO6P. The van der Waals surface area contributed by atoms with E-state index in [2.05, 4.69) is 13.8 Å². The highest BCUT2D eigenvalue weighted by Gasteiger charge is 2.57. The highest BCUT2D eigenvalue weighted by atomic mass is 31.2. The molecule has 0 aromatic carbocycles.